The van der Waals surface area contributed by atoms with Crippen LogP contribution in [0.5, 0.6) is 0 Å². The smallest absolute Gasteiger partial charge is 0.258 e. The molecule has 0 aliphatic carbocycles. The van der Waals surface area contributed by atoms with Crippen molar-refractivity contribution in [1.82, 2.24) is 9.97 Å². The Morgan fingerprint density at radius 3 is 2.68 bits per heavy atom. The molecule has 2 aromatic rings. The van der Waals surface area contributed by atoms with E-state index < -0.39 is 29.1 Å². The maximum Gasteiger partial charge on any atom is 0.258 e. The van der Waals surface area contributed by atoms with Gasteiger partial charge in [-0.2, -0.15) is 4.98 Å². The van der Waals surface area contributed by atoms with Crippen LogP contribution in [0.2, 0.25) is 0 Å². The fourth-order valence-electron chi connectivity index (χ4n) is 3.62. The zero-order valence-corrected chi connectivity index (χ0v) is 15.1. The average Bonchev–Trinajstić information content (AvgIpc) is 2.69. The van der Waals surface area contributed by atoms with Crippen molar-refractivity contribution in [2.75, 3.05) is 28.6 Å². The van der Waals surface area contributed by atoms with E-state index >= 15 is 0 Å². The number of carbonyl (C=O) groups excluding carboxylic acids is 2. The van der Waals surface area contributed by atoms with Crippen molar-refractivity contribution in [3.05, 3.63) is 46.0 Å². The summed E-state index contributed by atoms with van der Waals surface area (Å²) in [6, 6.07) is 5.72. The Hall–Kier alpha value is -3.23. The van der Waals surface area contributed by atoms with Crippen LogP contribution in [0.15, 0.2) is 29.1 Å². The maximum atomic E-state index is 13.8. The van der Waals surface area contributed by atoms with Crippen LogP contribution in [0.1, 0.15) is 37.2 Å². The number of fused-ring (bicyclic) bond motifs is 1. The molecular formula is C19H20FN5O3. The molecular weight excluding hydrogens is 365 g/mol. The Labute approximate surface area is 160 Å². The van der Waals surface area contributed by atoms with Crippen molar-refractivity contribution in [2.45, 2.75) is 31.6 Å². The average molecular weight is 385 g/mol. The third kappa shape index (κ3) is 3.47. The molecule has 0 saturated carbocycles. The minimum absolute atomic E-state index is 0.00523. The number of halogens is 1. The Bertz CT molecular complexity index is 984. The Morgan fingerprint density at radius 2 is 1.93 bits per heavy atom. The van der Waals surface area contributed by atoms with Crippen LogP contribution in [0.25, 0.3) is 0 Å². The SMILES string of the molecule is O=C1C[C@@H](C(=O)Nc2ccccc2F)c2c(nc(N3CCCCC3)[nH]c2=O)N1. The van der Waals surface area contributed by atoms with Crippen LogP contribution in [-0.4, -0.2) is 34.9 Å². The number of anilines is 3. The Kier molecular flexibility index (Phi) is 4.81. The van der Waals surface area contributed by atoms with E-state index in [0.29, 0.717) is 5.95 Å². The molecule has 2 aliphatic rings. The molecule has 1 aromatic carbocycles. The fourth-order valence-corrected chi connectivity index (χ4v) is 3.62. The second-order valence-corrected chi connectivity index (χ2v) is 6.97. The molecule has 1 fully saturated rings. The summed E-state index contributed by atoms with van der Waals surface area (Å²) in [4.78, 5) is 46.7. The molecule has 2 amide bonds. The molecule has 0 bridgehead atoms. The lowest BCUT2D eigenvalue weighted by atomic mass is 9.92. The van der Waals surface area contributed by atoms with Crippen LogP contribution in [0, 0.1) is 5.82 Å². The number of benzene rings is 1. The summed E-state index contributed by atoms with van der Waals surface area (Å²) in [5.74, 6) is -2.20. The van der Waals surface area contributed by atoms with Gasteiger partial charge in [-0.1, -0.05) is 12.1 Å². The van der Waals surface area contributed by atoms with Crippen molar-refractivity contribution in [3.8, 4) is 0 Å². The van der Waals surface area contributed by atoms with Gasteiger partial charge in [0.2, 0.25) is 17.8 Å². The van der Waals surface area contributed by atoms with E-state index in [-0.39, 0.29) is 23.5 Å². The normalized spacial score (nSPS) is 19.0. The van der Waals surface area contributed by atoms with Gasteiger partial charge in [-0.15, -0.1) is 0 Å². The largest absolute Gasteiger partial charge is 0.342 e. The number of H-pyrrole nitrogens is 1. The van der Waals surface area contributed by atoms with Gasteiger partial charge in [0.25, 0.3) is 5.56 Å². The lowest BCUT2D eigenvalue weighted by Gasteiger charge is -2.29. The Balaban J connectivity index is 1.66. The lowest BCUT2D eigenvalue weighted by molar-refractivity contribution is -0.123. The van der Waals surface area contributed by atoms with Crippen molar-refractivity contribution >= 4 is 29.3 Å². The first-order valence-corrected chi connectivity index (χ1v) is 9.27. The molecule has 3 heterocycles. The summed E-state index contributed by atoms with van der Waals surface area (Å²) in [7, 11) is 0. The first kappa shape index (κ1) is 18.1. The number of hydrogen-bond donors (Lipinski definition) is 3. The highest BCUT2D eigenvalue weighted by Gasteiger charge is 2.35. The molecule has 8 nitrogen and oxygen atoms in total. The fraction of sp³-hybridized carbons (Fsp3) is 0.368. The molecule has 146 valence electrons. The highest BCUT2D eigenvalue weighted by Crippen LogP contribution is 2.30. The number of nitrogens with one attached hydrogen (secondary N) is 3. The zero-order chi connectivity index (χ0) is 19.7. The quantitative estimate of drug-likeness (QED) is 0.749. The van der Waals surface area contributed by atoms with Gasteiger partial charge in [-0.05, 0) is 31.4 Å². The summed E-state index contributed by atoms with van der Waals surface area (Å²) < 4.78 is 13.8. The standard InChI is InChI=1S/C19H20FN5O3/c20-12-6-2-3-7-13(12)21-17(27)11-10-14(26)22-16-15(11)18(28)24-19(23-16)25-8-4-1-5-9-25/h2-3,6-7,11H,1,4-5,8-10H2,(H,21,27)(H2,22,23,24,26,28)/t11-/m1/s1. The van der Waals surface area contributed by atoms with Crippen LogP contribution in [0.4, 0.5) is 21.8 Å². The highest BCUT2D eigenvalue weighted by molar-refractivity contribution is 6.04. The van der Waals surface area contributed by atoms with Gasteiger partial charge in [0, 0.05) is 19.5 Å². The van der Waals surface area contributed by atoms with Crippen LogP contribution in [0.3, 0.4) is 0 Å². The van der Waals surface area contributed by atoms with Crippen LogP contribution >= 0.6 is 0 Å². The predicted octanol–water partition coefficient (Wildman–Crippen LogP) is 1.96. The first-order valence-electron chi connectivity index (χ1n) is 9.27. The van der Waals surface area contributed by atoms with E-state index in [0.717, 1.165) is 32.4 Å². The third-order valence-corrected chi connectivity index (χ3v) is 5.04. The van der Waals surface area contributed by atoms with E-state index in [1.54, 1.807) is 6.07 Å². The minimum Gasteiger partial charge on any atom is -0.342 e. The minimum atomic E-state index is -1.05. The van der Waals surface area contributed by atoms with Gasteiger partial charge >= 0.3 is 0 Å². The summed E-state index contributed by atoms with van der Waals surface area (Å²) in [6.45, 7) is 1.54. The molecule has 1 saturated heterocycles. The summed E-state index contributed by atoms with van der Waals surface area (Å²) in [6.07, 6.45) is 2.92. The zero-order valence-electron chi connectivity index (χ0n) is 15.1. The van der Waals surface area contributed by atoms with Gasteiger partial charge in [0.05, 0.1) is 17.2 Å². The lowest BCUT2D eigenvalue weighted by Crippen LogP contribution is -2.38. The topological polar surface area (TPSA) is 107 Å². The number of aromatic amines is 1. The van der Waals surface area contributed by atoms with Crippen molar-refractivity contribution in [3.63, 3.8) is 0 Å². The number of piperidine rings is 1. The van der Waals surface area contributed by atoms with Gasteiger partial charge in [-0.3, -0.25) is 19.4 Å². The van der Waals surface area contributed by atoms with Gasteiger partial charge in [-0.25, -0.2) is 4.39 Å². The summed E-state index contributed by atoms with van der Waals surface area (Å²) in [5, 5.41) is 5.05. The Morgan fingerprint density at radius 1 is 1.18 bits per heavy atom. The number of amides is 2. The molecule has 3 N–H and O–H groups in total. The van der Waals surface area contributed by atoms with Gasteiger partial charge in [0.1, 0.15) is 11.6 Å². The van der Waals surface area contributed by atoms with E-state index in [4.69, 9.17) is 0 Å². The second kappa shape index (κ2) is 7.41. The number of para-hydroxylation sites is 1. The van der Waals surface area contributed by atoms with Crippen molar-refractivity contribution in [2.24, 2.45) is 0 Å². The predicted molar refractivity (Wildman–Crippen MR) is 102 cm³/mol. The van der Waals surface area contributed by atoms with E-state index in [9.17, 15) is 18.8 Å². The number of carbonyl (C=O) groups is 2. The van der Waals surface area contributed by atoms with Crippen molar-refractivity contribution in [1.29, 1.82) is 0 Å². The monoisotopic (exact) mass is 385 g/mol. The van der Waals surface area contributed by atoms with E-state index in [1.165, 1.54) is 18.2 Å². The van der Waals surface area contributed by atoms with Gasteiger partial charge < -0.3 is 15.5 Å². The molecule has 4 rings (SSSR count). The molecule has 0 spiro atoms. The molecule has 1 aromatic heterocycles. The molecule has 9 heteroatoms. The van der Waals surface area contributed by atoms with Crippen molar-refractivity contribution < 1.29 is 14.0 Å². The molecule has 1 atom stereocenters. The number of rotatable bonds is 3. The van der Waals surface area contributed by atoms with Crippen LogP contribution in [-0.2, 0) is 9.59 Å². The first-order chi connectivity index (χ1) is 13.5. The summed E-state index contributed by atoms with van der Waals surface area (Å²) >= 11 is 0. The highest BCUT2D eigenvalue weighted by atomic mass is 19.1. The van der Waals surface area contributed by atoms with E-state index in [2.05, 4.69) is 20.6 Å². The van der Waals surface area contributed by atoms with Gasteiger partial charge in [0.15, 0.2) is 0 Å². The molecule has 28 heavy (non-hydrogen) atoms. The molecule has 0 radical (unpaired) electrons. The summed E-state index contributed by atoms with van der Waals surface area (Å²) in [5.41, 5.74) is -0.386. The molecule has 2 aliphatic heterocycles. The number of hydrogen-bond acceptors (Lipinski definition) is 5. The van der Waals surface area contributed by atoms with E-state index in [1.807, 2.05) is 4.90 Å². The number of aromatic nitrogens is 2. The third-order valence-electron chi connectivity index (χ3n) is 5.04. The maximum absolute atomic E-state index is 13.8. The molecule has 0 unspecified atom stereocenters. The second-order valence-electron chi connectivity index (χ2n) is 6.97. The number of nitrogens with zero attached hydrogens (tertiary/aromatic N) is 2. The van der Waals surface area contributed by atoms with Crippen LogP contribution < -0.4 is 21.1 Å².